The van der Waals surface area contributed by atoms with E-state index in [9.17, 15) is 33.9 Å². The molecule has 0 aromatic carbocycles. The van der Waals surface area contributed by atoms with Crippen molar-refractivity contribution in [1.29, 1.82) is 0 Å². The summed E-state index contributed by atoms with van der Waals surface area (Å²) in [7, 11) is 0. The van der Waals surface area contributed by atoms with Crippen LogP contribution < -0.4 is 32.7 Å². The van der Waals surface area contributed by atoms with Gasteiger partial charge in [0.05, 0.1) is 25.4 Å². The van der Waals surface area contributed by atoms with Crippen LogP contribution in [0.25, 0.3) is 0 Å². The molecule has 5 unspecified atom stereocenters. The van der Waals surface area contributed by atoms with E-state index in [1.807, 2.05) is 0 Å². The van der Waals surface area contributed by atoms with Gasteiger partial charge in [-0.05, 0) is 32.7 Å². The van der Waals surface area contributed by atoms with Crippen molar-refractivity contribution in [3.05, 3.63) is 18.2 Å². The largest absolute Gasteiger partial charge is 0.481 e. The van der Waals surface area contributed by atoms with Gasteiger partial charge in [0.25, 0.3) is 0 Å². The molecule has 0 bridgehead atoms. The molecular weight excluding hydrogens is 520 g/mol. The van der Waals surface area contributed by atoms with Gasteiger partial charge in [-0.3, -0.25) is 24.0 Å². The second-order valence-electron chi connectivity index (χ2n) is 8.70. The van der Waals surface area contributed by atoms with Crippen LogP contribution in [0.15, 0.2) is 12.5 Å². The molecule has 1 aromatic rings. The molecule has 5 atom stereocenters. The van der Waals surface area contributed by atoms with Crippen molar-refractivity contribution in [1.82, 2.24) is 31.2 Å². The molecule has 17 nitrogen and oxygen atoms in total. The fraction of sp³-hybridized carbons (Fsp3) is 0.591. The van der Waals surface area contributed by atoms with Crippen molar-refractivity contribution in [2.45, 2.75) is 69.2 Å². The minimum Gasteiger partial charge on any atom is -0.481 e. The van der Waals surface area contributed by atoms with Gasteiger partial charge in [-0.25, -0.2) is 9.78 Å². The number of aliphatic hydroxyl groups excluding tert-OH is 1. The molecule has 0 aliphatic carbocycles. The fourth-order valence-electron chi connectivity index (χ4n) is 3.28. The van der Waals surface area contributed by atoms with Crippen LogP contribution in [-0.2, 0) is 35.2 Å². The van der Waals surface area contributed by atoms with Gasteiger partial charge in [-0.1, -0.05) is 0 Å². The highest BCUT2D eigenvalue weighted by Gasteiger charge is 2.31. The number of unbranched alkanes of at least 4 members (excludes halogenated alkanes) is 1. The van der Waals surface area contributed by atoms with Crippen LogP contribution in [0.1, 0.15) is 38.3 Å². The number of nitrogens with zero attached hydrogens (tertiary/aromatic N) is 1. The Bertz CT molecular complexity index is 988. The molecule has 1 rings (SSSR count). The lowest BCUT2D eigenvalue weighted by molar-refractivity contribution is -0.143. The number of carboxylic acid groups (broad SMARTS) is 2. The van der Waals surface area contributed by atoms with Gasteiger partial charge >= 0.3 is 11.9 Å². The summed E-state index contributed by atoms with van der Waals surface area (Å²) in [6, 6.07) is -6.70. The van der Waals surface area contributed by atoms with Crippen molar-refractivity contribution in [2.24, 2.45) is 11.5 Å². The van der Waals surface area contributed by atoms with Crippen LogP contribution in [0.4, 0.5) is 0 Å². The summed E-state index contributed by atoms with van der Waals surface area (Å²) in [6.07, 6.45) is 3.02. The number of aromatic amines is 1. The number of carboxylic acids is 2. The van der Waals surface area contributed by atoms with Crippen LogP contribution in [-0.4, -0.2) is 104 Å². The Morgan fingerprint density at radius 3 is 2.08 bits per heavy atom. The van der Waals surface area contributed by atoms with E-state index in [0.717, 1.165) is 0 Å². The molecule has 1 heterocycles. The van der Waals surface area contributed by atoms with E-state index in [0.29, 0.717) is 25.1 Å². The zero-order valence-corrected chi connectivity index (χ0v) is 21.4. The minimum absolute atomic E-state index is 0.0885. The lowest BCUT2D eigenvalue weighted by Gasteiger charge is -2.25. The second-order valence-corrected chi connectivity index (χ2v) is 8.70. The molecule has 0 saturated carbocycles. The summed E-state index contributed by atoms with van der Waals surface area (Å²) in [5.41, 5.74) is 11.5. The first-order valence-electron chi connectivity index (χ1n) is 12.1. The molecule has 218 valence electrons. The Balaban J connectivity index is 3.03. The summed E-state index contributed by atoms with van der Waals surface area (Å²) in [5, 5.41) is 36.5. The second kappa shape index (κ2) is 16.7. The van der Waals surface area contributed by atoms with E-state index in [2.05, 4.69) is 31.2 Å². The van der Waals surface area contributed by atoms with Crippen molar-refractivity contribution in [2.75, 3.05) is 13.2 Å². The number of nitrogens with two attached hydrogens (primary N) is 2. The number of carbonyl (C=O) groups is 6. The first-order chi connectivity index (χ1) is 18.4. The Labute approximate surface area is 223 Å². The third-order valence-corrected chi connectivity index (χ3v) is 5.47. The van der Waals surface area contributed by atoms with Gasteiger partial charge in [-0.2, -0.15) is 0 Å². The number of carbonyl (C=O) groups excluding carboxylic acids is 4. The zero-order valence-electron chi connectivity index (χ0n) is 21.4. The summed E-state index contributed by atoms with van der Waals surface area (Å²) in [4.78, 5) is 79.4. The molecule has 0 aliphatic heterocycles. The van der Waals surface area contributed by atoms with E-state index in [1.165, 1.54) is 19.4 Å². The Morgan fingerprint density at radius 2 is 1.54 bits per heavy atom. The first-order valence-corrected chi connectivity index (χ1v) is 12.1. The molecule has 0 fully saturated rings. The molecule has 17 heteroatoms. The molecular formula is C22H36N8O9. The summed E-state index contributed by atoms with van der Waals surface area (Å²) < 4.78 is 0. The van der Waals surface area contributed by atoms with Crippen LogP contribution in [0.2, 0.25) is 0 Å². The van der Waals surface area contributed by atoms with Gasteiger partial charge in [0.2, 0.25) is 23.6 Å². The number of hydrogen-bond acceptors (Lipinski definition) is 10. The smallest absolute Gasteiger partial charge is 0.328 e. The summed E-state index contributed by atoms with van der Waals surface area (Å²) in [5.74, 6) is -6.13. The molecule has 39 heavy (non-hydrogen) atoms. The third-order valence-electron chi connectivity index (χ3n) is 5.47. The number of aliphatic hydroxyl groups is 1. The predicted octanol–water partition coefficient (Wildman–Crippen LogP) is -4.08. The Morgan fingerprint density at radius 1 is 0.923 bits per heavy atom. The Hall–Kier alpha value is -4.09. The van der Waals surface area contributed by atoms with E-state index < -0.39 is 78.8 Å². The standard InChI is InChI=1S/C22H36N8O9/c1-11(27-19(35)13(24)7-17(32)33)18(34)29-15(6-12-8-25-10-26-12)21(37)28-14(4-2-3-5-23)20(36)30-16(9-31)22(38)39/h8,10-11,13-16,31H,2-7,9,23-24H2,1H3,(H,25,26)(H,27,35)(H,28,37)(H,29,34)(H,30,36)(H,32,33)(H,38,39). The number of hydrogen-bond donors (Lipinski definition) is 10. The van der Waals surface area contributed by atoms with Gasteiger partial charge in [0, 0.05) is 18.3 Å². The van der Waals surface area contributed by atoms with Crippen molar-refractivity contribution in [3.8, 4) is 0 Å². The quantitative estimate of drug-likeness (QED) is 0.0772. The molecule has 0 spiro atoms. The van der Waals surface area contributed by atoms with Crippen molar-refractivity contribution >= 4 is 35.6 Å². The van der Waals surface area contributed by atoms with Crippen LogP contribution in [0.5, 0.6) is 0 Å². The molecule has 4 amide bonds. The Kier molecular flexibility index (Phi) is 14.1. The fourth-order valence-corrected chi connectivity index (χ4v) is 3.28. The van der Waals surface area contributed by atoms with Gasteiger partial charge < -0.3 is 53.0 Å². The average molecular weight is 557 g/mol. The van der Waals surface area contributed by atoms with Crippen LogP contribution in [0.3, 0.4) is 0 Å². The molecule has 1 aromatic heterocycles. The summed E-state index contributed by atoms with van der Waals surface area (Å²) in [6.45, 7) is 0.744. The number of rotatable bonds is 18. The number of imidazole rings is 1. The van der Waals surface area contributed by atoms with E-state index in [-0.39, 0.29) is 12.8 Å². The number of aromatic nitrogens is 2. The number of amides is 4. The van der Waals surface area contributed by atoms with Crippen molar-refractivity contribution in [3.63, 3.8) is 0 Å². The van der Waals surface area contributed by atoms with E-state index in [4.69, 9.17) is 21.7 Å². The third kappa shape index (κ3) is 11.9. The van der Waals surface area contributed by atoms with E-state index in [1.54, 1.807) is 0 Å². The maximum absolute atomic E-state index is 13.2. The highest BCUT2D eigenvalue weighted by Crippen LogP contribution is 2.05. The molecule has 0 radical (unpaired) electrons. The zero-order chi connectivity index (χ0) is 29.5. The van der Waals surface area contributed by atoms with Gasteiger partial charge in [-0.15, -0.1) is 0 Å². The number of nitrogens with one attached hydrogen (secondary N) is 5. The SMILES string of the molecule is CC(NC(=O)C(N)CC(=O)O)C(=O)NC(Cc1cnc[nH]1)C(=O)NC(CCCCN)C(=O)NC(CO)C(=O)O. The highest BCUT2D eigenvalue weighted by atomic mass is 16.4. The first kappa shape index (κ1) is 32.9. The lowest BCUT2D eigenvalue weighted by Crippen LogP contribution is -2.58. The van der Waals surface area contributed by atoms with Crippen molar-refractivity contribution < 1.29 is 44.1 Å². The topological polar surface area (TPSA) is 292 Å². The van der Waals surface area contributed by atoms with Gasteiger partial charge in [0.1, 0.15) is 24.2 Å². The van der Waals surface area contributed by atoms with Gasteiger partial charge in [0.15, 0.2) is 0 Å². The number of aliphatic carboxylic acids is 2. The highest BCUT2D eigenvalue weighted by molar-refractivity contribution is 5.95. The monoisotopic (exact) mass is 556 g/mol. The molecule has 0 saturated heterocycles. The lowest BCUT2D eigenvalue weighted by atomic mass is 10.1. The van der Waals surface area contributed by atoms with Crippen LogP contribution >= 0.6 is 0 Å². The maximum atomic E-state index is 13.2. The minimum atomic E-state index is -1.59. The summed E-state index contributed by atoms with van der Waals surface area (Å²) >= 11 is 0. The van der Waals surface area contributed by atoms with Crippen LogP contribution in [0, 0.1) is 0 Å². The van der Waals surface area contributed by atoms with E-state index >= 15 is 0 Å². The predicted molar refractivity (Wildman–Crippen MR) is 134 cm³/mol. The number of H-pyrrole nitrogens is 1. The molecule has 0 aliphatic rings. The average Bonchev–Trinajstić information content (AvgIpc) is 3.38. The molecule has 12 N–H and O–H groups in total. The normalized spacial score (nSPS) is 14.7. The maximum Gasteiger partial charge on any atom is 0.328 e.